The molecule has 1 aliphatic rings. The van der Waals surface area contributed by atoms with E-state index in [2.05, 4.69) is 5.32 Å². The minimum atomic E-state index is -5.02. The fourth-order valence-corrected chi connectivity index (χ4v) is 4.78. The number of hydrogen-bond acceptors (Lipinski definition) is 3. The number of alkyl carbamates (subject to hydrolysis) is 1. The van der Waals surface area contributed by atoms with Crippen molar-refractivity contribution in [3.63, 3.8) is 0 Å². The van der Waals surface area contributed by atoms with Crippen LogP contribution in [0.25, 0.3) is 0 Å². The van der Waals surface area contributed by atoms with Crippen LogP contribution in [-0.2, 0) is 23.6 Å². The largest absolute Gasteiger partial charge is 0.444 e. The highest BCUT2D eigenvalue weighted by atomic mass is 19.4. The monoisotopic (exact) mass is 591 g/mol. The molecule has 6 nitrogen and oxygen atoms in total. The molecule has 1 aliphatic heterocycles. The van der Waals surface area contributed by atoms with Gasteiger partial charge >= 0.3 is 24.5 Å². The standard InChI is InChI=1S/C28H32F7N3O3/c1-16-10-20(29)6-7-22(16)23-14-21(36-24(39)41-26(2,3)4)8-9-38(23)25(40)37(5)15-17-11-18(27(30,31)32)13-19(12-17)28(33,34)35/h6-7,10-13,21,23H,8-9,14-15H2,1-5H3,(H,36,39)/t21-,23-/m0/s1. The average Bonchev–Trinajstić information content (AvgIpc) is 2.81. The molecule has 226 valence electrons. The zero-order valence-electron chi connectivity index (χ0n) is 23.2. The molecule has 1 heterocycles. The number of amides is 3. The van der Waals surface area contributed by atoms with Crippen molar-refractivity contribution in [3.05, 3.63) is 70.0 Å². The van der Waals surface area contributed by atoms with Crippen molar-refractivity contribution in [2.24, 2.45) is 0 Å². The van der Waals surface area contributed by atoms with Gasteiger partial charge in [-0.25, -0.2) is 14.0 Å². The number of piperidine rings is 1. The smallest absolute Gasteiger partial charge is 0.416 e. The van der Waals surface area contributed by atoms with Gasteiger partial charge in [0.05, 0.1) is 17.2 Å². The summed E-state index contributed by atoms with van der Waals surface area (Å²) in [5, 5.41) is 2.78. The van der Waals surface area contributed by atoms with E-state index in [0.29, 0.717) is 29.7 Å². The first-order chi connectivity index (χ1) is 18.7. The quantitative estimate of drug-likeness (QED) is 0.376. The van der Waals surface area contributed by atoms with E-state index in [1.54, 1.807) is 27.7 Å². The Bertz CT molecular complexity index is 1240. The molecule has 0 aliphatic carbocycles. The second-order valence-electron chi connectivity index (χ2n) is 11.1. The fraction of sp³-hybridized carbons (Fsp3) is 0.500. The van der Waals surface area contributed by atoms with Crippen LogP contribution in [0.5, 0.6) is 0 Å². The first-order valence-electron chi connectivity index (χ1n) is 12.8. The summed E-state index contributed by atoms with van der Waals surface area (Å²) in [4.78, 5) is 28.4. The topological polar surface area (TPSA) is 61.9 Å². The maximum atomic E-state index is 13.9. The van der Waals surface area contributed by atoms with E-state index in [4.69, 9.17) is 4.74 Å². The summed E-state index contributed by atoms with van der Waals surface area (Å²) >= 11 is 0. The molecule has 41 heavy (non-hydrogen) atoms. The molecule has 0 spiro atoms. The molecule has 0 bridgehead atoms. The average molecular weight is 592 g/mol. The molecule has 0 saturated carbocycles. The minimum absolute atomic E-state index is 0.0289. The Labute approximate surface area is 233 Å². The molecule has 2 atom stereocenters. The predicted molar refractivity (Wildman–Crippen MR) is 136 cm³/mol. The van der Waals surface area contributed by atoms with Crippen molar-refractivity contribution in [2.75, 3.05) is 13.6 Å². The molecule has 13 heteroatoms. The number of rotatable bonds is 4. The zero-order valence-corrected chi connectivity index (χ0v) is 23.2. The summed E-state index contributed by atoms with van der Waals surface area (Å²) in [6.45, 7) is 6.33. The lowest BCUT2D eigenvalue weighted by molar-refractivity contribution is -0.143. The molecule has 0 aromatic heterocycles. The minimum Gasteiger partial charge on any atom is -0.444 e. The van der Waals surface area contributed by atoms with Crippen LogP contribution < -0.4 is 5.32 Å². The Morgan fingerprint density at radius 1 is 1.00 bits per heavy atom. The second kappa shape index (κ2) is 11.8. The van der Waals surface area contributed by atoms with Gasteiger partial charge in [0.1, 0.15) is 11.4 Å². The molecular weight excluding hydrogens is 559 g/mol. The Kier molecular flexibility index (Phi) is 9.19. The zero-order chi connectivity index (χ0) is 30.9. The van der Waals surface area contributed by atoms with E-state index in [0.717, 1.165) is 4.90 Å². The van der Waals surface area contributed by atoms with Crippen molar-refractivity contribution >= 4 is 12.1 Å². The third-order valence-electron chi connectivity index (χ3n) is 6.55. The van der Waals surface area contributed by atoms with Crippen molar-refractivity contribution in [3.8, 4) is 0 Å². The van der Waals surface area contributed by atoms with E-state index in [-0.39, 0.29) is 24.6 Å². The predicted octanol–water partition coefficient (Wildman–Crippen LogP) is 7.45. The summed E-state index contributed by atoms with van der Waals surface area (Å²) in [6, 6.07) is 3.46. The number of ether oxygens (including phenoxy) is 1. The van der Waals surface area contributed by atoms with Crippen LogP contribution >= 0.6 is 0 Å². The second-order valence-corrected chi connectivity index (χ2v) is 11.1. The summed E-state index contributed by atoms with van der Waals surface area (Å²) in [7, 11) is 1.27. The van der Waals surface area contributed by atoms with Gasteiger partial charge in [-0.1, -0.05) is 6.07 Å². The number of urea groups is 1. The van der Waals surface area contributed by atoms with Gasteiger partial charge in [0.15, 0.2) is 0 Å². The highest BCUT2D eigenvalue weighted by Crippen LogP contribution is 2.37. The Morgan fingerprint density at radius 3 is 2.10 bits per heavy atom. The van der Waals surface area contributed by atoms with Gasteiger partial charge in [-0.05, 0) is 87.6 Å². The highest BCUT2D eigenvalue weighted by molar-refractivity contribution is 5.75. The number of hydrogen-bond donors (Lipinski definition) is 1. The molecule has 3 amide bonds. The third kappa shape index (κ3) is 8.49. The molecular formula is C28H32F7N3O3. The Balaban J connectivity index is 1.88. The SMILES string of the molecule is Cc1cc(F)ccc1[C@@H]1C[C@@H](NC(=O)OC(C)(C)C)CCN1C(=O)N(C)Cc1cc(C(F)(F)F)cc(C(F)(F)F)c1. The number of likely N-dealkylation sites (tertiary alicyclic amines) is 1. The molecule has 1 fully saturated rings. The molecule has 0 radical (unpaired) electrons. The first-order valence-corrected chi connectivity index (χ1v) is 12.8. The van der Waals surface area contributed by atoms with E-state index >= 15 is 0 Å². The van der Waals surface area contributed by atoms with Crippen molar-refractivity contribution in [1.82, 2.24) is 15.1 Å². The molecule has 1 N–H and O–H groups in total. The number of carbonyl (C=O) groups is 2. The summed E-state index contributed by atoms with van der Waals surface area (Å²) < 4.78 is 99.1. The number of benzene rings is 2. The fourth-order valence-electron chi connectivity index (χ4n) is 4.78. The maximum absolute atomic E-state index is 13.9. The van der Waals surface area contributed by atoms with Crippen LogP contribution in [-0.4, -0.2) is 47.2 Å². The number of aryl methyl sites for hydroxylation is 1. The Hall–Kier alpha value is -3.51. The van der Waals surface area contributed by atoms with Gasteiger partial charge < -0.3 is 19.9 Å². The maximum Gasteiger partial charge on any atom is 0.416 e. The number of nitrogens with zero attached hydrogens (tertiary/aromatic N) is 2. The van der Waals surface area contributed by atoms with E-state index in [1.165, 1.54) is 30.1 Å². The lowest BCUT2D eigenvalue weighted by Crippen LogP contribution is -2.51. The summed E-state index contributed by atoms with van der Waals surface area (Å²) in [5.41, 5.74) is -2.93. The molecule has 2 aromatic carbocycles. The van der Waals surface area contributed by atoms with Crippen LogP contribution in [0.2, 0.25) is 0 Å². The van der Waals surface area contributed by atoms with Crippen LogP contribution in [0, 0.1) is 12.7 Å². The molecule has 3 rings (SSSR count). The van der Waals surface area contributed by atoms with Gasteiger partial charge in [-0.15, -0.1) is 0 Å². The number of nitrogens with one attached hydrogen (secondary N) is 1. The highest BCUT2D eigenvalue weighted by Gasteiger charge is 2.38. The van der Waals surface area contributed by atoms with Gasteiger partial charge in [0.25, 0.3) is 0 Å². The van der Waals surface area contributed by atoms with Crippen molar-refractivity contribution < 1.29 is 45.1 Å². The van der Waals surface area contributed by atoms with E-state index in [1.807, 2.05) is 0 Å². The lowest BCUT2D eigenvalue weighted by atomic mass is 9.89. The van der Waals surface area contributed by atoms with E-state index < -0.39 is 65.7 Å². The number of carbonyl (C=O) groups excluding carboxylic acids is 2. The van der Waals surface area contributed by atoms with Gasteiger partial charge in [0, 0.05) is 26.2 Å². The summed E-state index contributed by atoms with van der Waals surface area (Å²) in [5.74, 6) is -0.495. The van der Waals surface area contributed by atoms with Crippen molar-refractivity contribution in [2.45, 2.75) is 77.1 Å². The van der Waals surface area contributed by atoms with Crippen LogP contribution in [0.1, 0.15) is 67.5 Å². The van der Waals surface area contributed by atoms with Crippen LogP contribution in [0.3, 0.4) is 0 Å². The summed E-state index contributed by atoms with van der Waals surface area (Å²) in [6.07, 6.45) is -10.2. The Morgan fingerprint density at radius 2 is 1.59 bits per heavy atom. The van der Waals surface area contributed by atoms with Crippen LogP contribution in [0.4, 0.5) is 40.3 Å². The first kappa shape index (κ1) is 32.0. The van der Waals surface area contributed by atoms with Crippen molar-refractivity contribution in [1.29, 1.82) is 0 Å². The third-order valence-corrected chi connectivity index (χ3v) is 6.55. The van der Waals surface area contributed by atoms with Crippen LogP contribution in [0.15, 0.2) is 36.4 Å². The number of halogens is 7. The molecule has 0 unspecified atom stereocenters. The van der Waals surface area contributed by atoms with Gasteiger partial charge in [-0.2, -0.15) is 26.3 Å². The van der Waals surface area contributed by atoms with Gasteiger partial charge in [-0.3, -0.25) is 0 Å². The lowest BCUT2D eigenvalue weighted by Gasteiger charge is -2.42. The van der Waals surface area contributed by atoms with E-state index in [9.17, 15) is 40.3 Å². The molecule has 2 aromatic rings. The molecule has 1 saturated heterocycles. The number of alkyl halides is 6. The van der Waals surface area contributed by atoms with Gasteiger partial charge in [0.2, 0.25) is 0 Å². The normalized spacial score (nSPS) is 18.2.